The molecule has 21 heavy (non-hydrogen) atoms. The van der Waals surface area contributed by atoms with Gasteiger partial charge in [0.1, 0.15) is 10.00 Å². The average molecular weight is 341 g/mol. The molecule has 1 aromatic carbocycles. The second-order valence-electron chi connectivity index (χ2n) is 4.96. The highest BCUT2D eigenvalue weighted by Crippen LogP contribution is 2.25. The summed E-state index contributed by atoms with van der Waals surface area (Å²) in [5.41, 5.74) is 5.25. The van der Waals surface area contributed by atoms with Crippen LogP contribution in [0.25, 0.3) is 0 Å². The Morgan fingerprint density at radius 2 is 2.14 bits per heavy atom. The van der Waals surface area contributed by atoms with Crippen molar-refractivity contribution in [3.8, 4) is 0 Å². The van der Waals surface area contributed by atoms with Crippen LogP contribution in [0, 0.1) is 0 Å². The van der Waals surface area contributed by atoms with E-state index in [9.17, 15) is 8.42 Å². The number of thiocarbonyl (C=S) groups is 1. The number of aromatic nitrogens is 1. The Bertz CT molecular complexity index is 753. The van der Waals surface area contributed by atoms with Crippen LogP contribution in [-0.4, -0.2) is 18.4 Å². The molecule has 8 heteroatoms. The molecule has 0 spiro atoms. The van der Waals surface area contributed by atoms with Gasteiger partial charge in [-0.25, -0.2) is 13.4 Å². The molecule has 0 fully saturated rings. The maximum Gasteiger partial charge on any atom is 0.241 e. The zero-order chi connectivity index (χ0) is 15.7. The van der Waals surface area contributed by atoms with Gasteiger partial charge in [-0.1, -0.05) is 24.4 Å². The molecule has 3 N–H and O–H groups in total. The first-order chi connectivity index (χ1) is 9.72. The molecule has 1 heterocycles. The maximum atomic E-state index is 12.5. The first kappa shape index (κ1) is 16.0. The summed E-state index contributed by atoms with van der Waals surface area (Å²) in [6.45, 7) is 3.53. The molecular weight excluding hydrogens is 326 g/mol. The minimum atomic E-state index is -3.70. The molecule has 0 unspecified atom stereocenters. The van der Waals surface area contributed by atoms with Crippen LogP contribution in [0.5, 0.6) is 0 Å². The quantitative estimate of drug-likeness (QED) is 0.813. The summed E-state index contributed by atoms with van der Waals surface area (Å²) in [6, 6.07) is 6.25. The van der Waals surface area contributed by atoms with Crippen molar-refractivity contribution in [2.24, 2.45) is 5.73 Å². The van der Waals surface area contributed by atoms with Gasteiger partial charge in [-0.2, -0.15) is 4.72 Å². The predicted molar refractivity (Wildman–Crippen MR) is 87.8 cm³/mol. The maximum absolute atomic E-state index is 12.5. The SMILES string of the molecule is CC(C)(NS(=O)(=O)c1cccc(C(N)=S)c1)c1nccs1. The van der Waals surface area contributed by atoms with Crippen LogP contribution in [0.3, 0.4) is 0 Å². The molecule has 0 bridgehead atoms. The second kappa shape index (κ2) is 5.80. The molecule has 0 aliphatic carbocycles. The number of sulfonamides is 1. The van der Waals surface area contributed by atoms with Crippen molar-refractivity contribution in [3.05, 3.63) is 46.4 Å². The van der Waals surface area contributed by atoms with Crippen molar-refractivity contribution in [2.45, 2.75) is 24.3 Å². The summed E-state index contributed by atoms with van der Waals surface area (Å²) in [6.07, 6.45) is 1.64. The van der Waals surface area contributed by atoms with E-state index in [0.717, 1.165) is 0 Å². The highest BCUT2D eigenvalue weighted by atomic mass is 32.2. The van der Waals surface area contributed by atoms with Gasteiger partial charge in [0, 0.05) is 17.1 Å². The Morgan fingerprint density at radius 1 is 1.43 bits per heavy atom. The summed E-state index contributed by atoms with van der Waals surface area (Å²) >= 11 is 6.27. The van der Waals surface area contributed by atoms with Crippen molar-refractivity contribution in [3.63, 3.8) is 0 Å². The third kappa shape index (κ3) is 3.65. The van der Waals surface area contributed by atoms with Crippen LogP contribution in [0.1, 0.15) is 24.4 Å². The van der Waals surface area contributed by atoms with E-state index >= 15 is 0 Å². The van der Waals surface area contributed by atoms with E-state index in [0.29, 0.717) is 10.6 Å². The molecule has 0 radical (unpaired) electrons. The zero-order valence-electron chi connectivity index (χ0n) is 11.5. The van der Waals surface area contributed by atoms with Gasteiger partial charge < -0.3 is 5.73 Å². The lowest BCUT2D eigenvalue weighted by Gasteiger charge is -2.23. The third-order valence-corrected chi connectivity index (χ3v) is 5.77. The lowest BCUT2D eigenvalue weighted by Crippen LogP contribution is -2.40. The van der Waals surface area contributed by atoms with Crippen LogP contribution in [-0.2, 0) is 15.6 Å². The molecule has 0 saturated heterocycles. The fourth-order valence-electron chi connectivity index (χ4n) is 1.79. The van der Waals surface area contributed by atoms with Gasteiger partial charge >= 0.3 is 0 Å². The van der Waals surface area contributed by atoms with E-state index in [2.05, 4.69) is 9.71 Å². The van der Waals surface area contributed by atoms with Crippen molar-refractivity contribution >= 4 is 38.6 Å². The van der Waals surface area contributed by atoms with E-state index in [1.165, 1.54) is 23.5 Å². The Morgan fingerprint density at radius 3 is 2.71 bits per heavy atom. The van der Waals surface area contributed by atoms with Gasteiger partial charge in [0.05, 0.1) is 10.4 Å². The molecule has 0 amide bonds. The number of rotatable bonds is 5. The summed E-state index contributed by atoms with van der Waals surface area (Å²) in [5.74, 6) is 0. The number of thiazole rings is 1. The Labute approximate surface area is 133 Å². The standard InChI is InChI=1S/C13H15N3O2S3/c1-13(2,12-15-6-7-20-12)16-21(17,18)10-5-3-4-9(8-10)11(14)19/h3-8,16H,1-2H3,(H2,14,19). The molecule has 2 aromatic rings. The van der Waals surface area contributed by atoms with Gasteiger partial charge in [0.15, 0.2) is 0 Å². The smallest absolute Gasteiger partial charge is 0.241 e. The molecule has 112 valence electrons. The first-order valence-electron chi connectivity index (χ1n) is 6.06. The third-order valence-electron chi connectivity index (χ3n) is 2.79. The highest BCUT2D eigenvalue weighted by molar-refractivity contribution is 7.89. The van der Waals surface area contributed by atoms with Crippen LogP contribution >= 0.6 is 23.6 Å². The average Bonchev–Trinajstić information content (AvgIpc) is 2.92. The lowest BCUT2D eigenvalue weighted by atomic mass is 10.1. The fraction of sp³-hybridized carbons (Fsp3) is 0.231. The van der Waals surface area contributed by atoms with Crippen LogP contribution in [0.4, 0.5) is 0 Å². The molecule has 0 atom stereocenters. The Kier molecular flexibility index (Phi) is 4.43. The van der Waals surface area contributed by atoms with Crippen LogP contribution < -0.4 is 10.5 Å². The predicted octanol–water partition coefficient (Wildman–Crippen LogP) is 1.99. The van der Waals surface area contributed by atoms with Gasteiger partial charge in [-0.15, -0.1) is 11.3 Å². The van der Waals surface area contributed by atoms with Crippen LogP contribution in [0.2, 0.25) is 0 Å². The zero-order valence-corrected chi connectivity index (χ0v) is 14.0. The number of nitrogens with zero attached hydrogens (tertiary/aromatic N) is 1. The van der Waals surface area contributed by atoms with Gasteiger partial charge in [0.25, 0.3) is 0 Å². The van der Waals surface area contributed by atoms with Crippen molar-refractivity contribution in [1.82, 2.24) is 9.71 Å². The number of nitrogens with two attached hydrogens (primary N) is 1. The topological polar surface area (TPSA) is 85.1 Å². The number of hydrogen-bond acceptors (Lipinski definition) is 5. The largest absolute Gasteiger partial charge is 0.389 e. The summed E-state index contributed by atoms with van der Waals surface area (Å²) in [4.78, 5) is 4.44. The van der Waals surface area contributed by atoms with Crippen molar-refractivity contribution < 1.29 is 8.42 Å². The molecule has 1 aromatic heterocycles. The van der Waals surface area contributed by atoms with Gasteiger partial charge in [-0.05, 0) is 26.0 Å². The number of hydrogen-bond donors (Lipinski definition) is 2. The summed E-state index contributed by atoms with van der Waals surface area (Å²) in [5, 5.41) is 2.50. The lowest BCUT2D eigenvalue weighted by molar-refractivity contribution is 0.470. The molecule has 0 aliphatic heterocycles. The summed E-state index contributed by atoms with van der Waals surface area (Å²) in [7, 11) is -3.70. The minimum absolute atomic E-state index is 0.123. The molecule has 2 rings (SSSR count). The fourth-order valence-corrected chi connectivity index (χ4v) is 4.12. The minimum Gasteiger partial charge on any atom is -0.389 e. The van der Waals surface area contributed by atoms with E-state index < -0.39 is 15.6 Å². The van der Waals surface area contributed by atoms with Gasteiger partial charge in [0.2, 0.25) is 10.0 Å². The van der Waals surface area contributed by atoms with Gasteiger partial charge in [-0.3, -0.25) is 0 Å². The molecule has 0 aliphatic rings. The number of nitrogens with one attached hydrogen (secondary N) is 1. The van der Waals surface area contributed by atoms with E-state index in [1.807, 2.05) is 0 Å². The van der Waals surface area contributed by atoms with Crippen molar-refractivity contribution in [1.29, 1.82) is 0 Å². The molecule has 0 saturated carbocycles. The van der Waals surface area contributed by atoms with E-state index in [-0.39, 0.29) is 9.88 Å². The van der Waals surface area contributed by atoms with E-state index in [1.54, 1.807) is 37.6 Å². The van der Waals surface area contributed by atoms with Crippen LogP contribution in [0.15, 0.2) is 40.7 Å². The Hall–Kier alpha value is -1.35. The Balaban J connectivity index is 2.35. The van der Waals surface area contributed by atoms with E-state index in [4.69, 9.17) is 18.0 Å². The molecule has 5 nitrogen and oxygen atoms in total. The summed E-state index contributed by atoms with van der Waals surface area (Å²) < 4.78 is 27.7. The molecular formula is C13H15N3O2S3. The first-order valence-corrected chi connectivity index (χ1v) is 8.83. The highest BCUT2D eigenvalue weighted by Gasteiger charge is 2.30. The number of benzene rings is 1. The second-order valence-corrected chi connectivity index (χ2v) is 7.98. The van der Waals surface area contributed by atoms with Crippen molar-refractivity contribution in [2.75, 3.05) is 0 Å². The normalized spacial score (nSPS) is 12.3. The monoisotopic (exact) mass is 341 g/mol.